The van der Waals surface area contributed by atoms with Gasteiger partial charge in [-0.3, -0.25) is 9.59 Å². The minimum atomic E-state index is -0.579. The average molecular weight is 255 g/mol. The van der Waals surface area contributed by atoms with E-state index in [4.69, 9.17) is 4.74 Å². The molecule has 2 N–H and O–H groups in total. The normalized spacial score (nSPS) is 10.5. The summed E-state index contributed by atoms with van der Waals surface area (Å²) >= 11 is 0. The second-order valence-electron chi connectivity index (χ2n) is 4.26. The number of amides is 1. The number of H-pyrrole nitrogens is 1. The number of nitrogens with zero attached hydrogens (tertiary/aromatic N) is 1. The van der Waals surface area contributed by atoms with E-state index in [0.717, 1.165) is 0 Å². The van der Waals surface area contributed by atoms with Gasteiger partial charge in [0.15, 0.2) is 0 Å². The summed E-state index contributed by atoms with van der Waals surface area (Å²) in [5.74, 6) is -0.642. The standard InChI is InChI=1S/C11H17N3O4/c1-6(2)5-7-9(15)13-8(10(16)12-3)11(18-4)14(7)17/h6H,5H2,1-4H3,(H,12,16)(H,13,15). The summed E-state index contributed by atoms with van der Waals surface area (Å²) in [6.07, 6.45) is 0.309. The van der Waals surface area contributed by atoms with Gasteiger partial charge in [-0.1, -0.05) is 13.8 Å². The Bertz CT molecular complexity index is 508. The first kappa shape index (κ1) is 14.0. The number of methoxy groups -OCH3 is 1. The van der Waals surface area contributed by atoms with Crippen LogP contribution in [-0.4, -0.2) is 25.0 Å². The van der Waals surface area contributed by atoms with Gasteiger partial charge in [-0.25, -0.2) is 0 Å². The molecule has 100 valence electrons. The van der Waals surface area contributed by atoms with Crippen LogP contribution in [0, 0.1) is 11.1 Å². The van der Waals surface area contributed by atoms with E-state index in [1.165, 1.54) is 14.2 Å². The lowest BCUT2D eigenvalue weighted by Crippen LogP contribution is -2.44. The highest BCUT2D eigenvalue weighted by Gasteiger charge is 2.26. The van der Waals surface area contributed by atoms with Crippen molar-refractivity contribution >= 4 is 5.91 Å². The Hall–Kier alpha value is -2.05. The summed E-state index contributed by atoms with van der Waals surface area (Å²) in [5, 5.41) is 14.3. The van der Waals surface area contributed by atoms with Crippen LogP contribution in [0.1, 0.15) is 30.0 Å². The molecule has 0 aliphatic heterocycles. The molecule has 0 radical (unpaired) electrons. The van der Waals surface area contributed by atoms with Crippen LogP contribution in [0.15, 0.2) is 4.79 Å². The highest BCUT2D eigenvalue weighted by Crippen LogP contribution is 2.10. The molecule has 1 aromatic rings. The van der Waals surface area contributed by atoms with E-state index in [-0.39, 0.29) is 23.2 Å². The third kappa shape index (κ3) is 2.61. The van der Waals surface area contributed by atoms with Crippen molar-refractivity contribution in [1.29, 1.82) is 0 Å². The van der Waals surface area contributed by atoms with E-state index in [2.05, 4.69) is 10.3 Å². The molecule has 1 aromatic heterocycles. The van der Waals surface area contributed by atoms with Gasteiger partial charge in [0.25, 0.3) is 11.6 Å². The van der Waals surface area contributed by atoms with Crippen LogP contribution in [0.25, 0.3) is 0 Å². The molecule has 1 rings (SSSR count). The quantitative estimate of drug-likeness (QED) is 0.563. The lowest BCUT2D eigenvalue weighted by molar-refractivity contribution is -0.622. The minimum absolute atomic E-state index is 0.0366. The van der Waals surface area contributed by atoms with E-state index in [9.17, 15) is 14.8 Å². The van der Waals surface area contributed by atoms with Gasteiger partial charge in [-0.2, -0.15) is 0 Å². The summed E-state index contributed by atoms with van der Waals surface area (Å²) in [7, 11) is 2.67. The molecule has 0 spiro atoms. The molecule has 0 saturated carbocycles. The molecule has 1 amide bonds. The monoisotopic (exact) mass is 255 g/mol. The van der Waals surface area contributed by atoms with Gasteiger partial charge < -0.3 is 20.2 Å². The molecular formula is C11H17N3O4. The molecule has 0 aromatic carbocycles. The number of carbonyl (C=O) groups excluding carboxylic acids is 1. The molecule has 0 atom stereocenters. The Balaban J connectivity index is 3.44. The second kappa shape index (κ2) is 5.52. The van der Waals surface area contributed by atoms with Crippen LogP contribution in [0.5, 0.6) is 5.88 Å². The van der Waals surface area contributed by atoms with Crippen LogP contribution in [0.4, 0.5) is 0 Å². The summed E-state index contributed by atoms with van der Waals surface area (Å²) < 4.78 is 5.27. The first-order valence-corrected chi connectivity index (χ1v) is 5.57. The molecule has 0 saturated heterocycles. The predicted molar refractivity (Wildman–Crippen MR) is 64.5 cm³/mol. The van der Waals surface area contributed by atoms with Crippen molar-refractivity contribution in [1.82, 2.24) is 10.3 Å². The largest absolute Gasteiger partial charge is 0.616 e. The van der Waals surface area contributed by atoms with Gasteiger partial charge in [0.2, 0.25) is 5.69 Å². The van der Waals surface area contributed by atoms with Crippen LogP contribution in [0.3, 0.4) is 0 Å². The van der Waals surface area contributed by atoms with Crippen molar-refractivity contribution in [2.24, 2.45) is 5.92 Å². The van der Waals surface area contributed by atoms with Gasteiger partial charge in [-0.15, -0.1) is 4.73 Å². The highest BCUT2D eigenvalue weighted by molar-refractivity contribution is 5.93. The third-order valence-electron chi connectivity index (χ3n) is 2.39. The first-order valence-electron chi connectivity index (χ1n) is 5.57. The fourth-order valence-electron chi connectivity index (χ4n) is 1.58. The van der Waals surface area contributed by atoms with Gasteiger partial charge in [0.1, 0.15) is 0 Å². The lowest BCUT2D eigenvalue weighted by Gasteiger charge is -2.11. The highest BCUT2D eigenvalue weighted by atomic mass is 16.5. The lowest BCUT2D eigenvalue weighted by atomic mass is 10.1. The Kier molecular flexibility index (Phi) is 4.30. The molecule has 1 heterocycles. The van der Waals surface area contributed by atoms with E-state index < -0.39 is 11.5 Å². The zero-order valence-corrected chi connectivity index (χ0v) is 10.9. The molecule has 0 fully saturated rings. The topological polar surface area (TPSA) is 98.1 Å². The molecule has 0 aliphatic carbocycles. The van der Waals surface area contributed by atoms with Gasteiger partial charge >= 0.3 is 11.4 Å². The molecular weight excluding hydrogens is 238 g/mol. The SMILES string of the molecule is CNC(=O)c1[nH]c(=O)c(CC(C)C)[n+]([O-])c1OC. The number of aromatic nitrogens is 2. The Labute approximate surface area is 104 Å². The van der Waals surface area contributed by atoms with Crippen molar-refractivity contribution < 1.29 is 14.3 Å². The van der Waals surface area contributed by atoms with E-state index in [1.807, 2.05) is 13.8 Å². The second-order valence-corrected chi connectivity index (χ2v) is 4.26. The Morgan fingerprint density at radius 2 is 2.17 bits per heavy atom. The minimum Gasteiger partial charge on any atom is -0.616 e. The number of ether oxygens (including phenoxy) is 1. The first-order chi connectivity index (χ1) is 8.42. The fourth-order valence-corrected chi connectivity index (χ4v) is 1.58. The Morgan fingerprint density at radius 1 is 1.56 bits per heavy atom. The van der Waals surface area contributed by atoms with Crippen molar-refractivity contribution in [2.45, 2.75) is 20.3 Å². The molecule has 0 unspecified atom stereocenters. The van der Waals surface area contributed by atoms with Crippen molar-refractivity contribution in [3.8, 4) is 5.88 Å². The average Bonchev–Trinajstić information content (AvgIpc) is 2.32. The van der Waals surface area contributed by atoms with Gasteiger partial charge in [0.05, 0.1) is 7.11 Å². The smallest absolute Gasteiger partial charge is 0.409 e. The van der Waals surface area contributed by atoms with Crippen molar-refractivity contribution in [2.75, 3.05) is 14.2 Å². The summed E-state index contributed by atoms with van der Waals surface area (Å²) in [6, 6.07) is 0. The summed E-state index contributed by atoms with van der Waals surface area (Å²) in [5.41, 5.74) is -0.708. The van der Waals surface area contributed by atoms with Crippen molar-refractivity contribution in [3.63, 3.8) is 0 Å². The van der Waals surface area contributed by atoms with Gasteiger partial charge in [-0.05, 0) is 5.92 Å². The maximum Gasteiger partial charge on any atom is 0.409 e. The van der Waals surface area contributed by atoms with Gasteiger partial charge in [0, 0.05) is 13.5 Å². The van der Waals surface area contributed by atoms with E-state index >= 15 is 0 Å². The van der Waals surface area contributed by atoms with Crippen LogP contribution >= 0.6 is 0 Å². The van der Waals surface area contributed by atoms with E-state index in [1.54, 1.807) is 0 Å². The zero-order valence-electron chi connectivity index (χ0n) is 10.9. The fraction of sp³-hybridized carbons (Fsp3) is 0.545. The molecule has 0 bridgehead atoms. The maximum atomic E-state index is 12.0. The number of aromatic amines is 1. The number of rotatable bonds is 4. The maximum absolute atomic E-state index is 12.0. The third-order valence-corrected chi connectivity index (χ3v) is 2.39. The molecule has 7 nitrogen and oxygen atoms in total. The molecule has 0 aliphatic rings. The predicted octanol–water partition coefficient (Wildman–Crippen LogP) is -0.425. The number of hydrogen-bond acceptors (Lipinski definition) is 4. The Morgan fingerprint density at radius 3 is 2.61 bits per heavy atom. The zero-order chi connectivity index (χ0) is 13.9. The number of nitrogens with one attached hydrogen (secondary N) is 2. The number of hydrogen-bond donors (Lipinski definition) is 2. The summed E-state index contributed by atoms with van der Waals surface area (Å²) in [4.78, 5) is 25.7. The molecule has 7 heteroatoms. The van der Waals surface area contributed by atoms with Crippen molar-refractivity contribution in [3.05, 3.63) is 26.9 Å². The van der Waals surface area contributed by atoms with Crippen LogP contribution in [-0.2, 0) is 6.42 Å². The number of carbonyl (C=O) groups is 1. The van der Waals surface area contributed by atoms with Crippen LogP contribution in [0.2, 0.25) is 0 Å². The molecule has 18 heavy (non-hydrogen) atoms. The van der Waals surface area contributed by atoms with Crippen LogP contribution < -0.4 is 20.3 Å². The van der Waals surface area contributed by atoms with E-state index in [0.29, 0.717) is 11.2 Å². The summed E-state index contributed by atoms with van der Waals surface area (Å²) in [6.45, 7) is 3.77.